The van der Waals surface area contributed by atoms with Gasteiger partial charge in [0, 0.05) is 23.4 Å². The van der Waals surface area contributed by atoms with Crippen molar-refractivity contribution in [3.05, 3.63) is 125 Å². The molecule has 2 heteroatoms. The Morgan fingerprint density at radius 3 is 2.00 bits per heavy atom. The number of benzene rings is 4. The third-order valence-corrected chi connectivity index (χ3v) is 5.09. The highest BCUT2D eigenvalue weighted by atomic mass is 14.6. The molecule has 0 atom stereocenters. The second kappa shape index (κ2) is 8.59. The summed E-state index contributed by atoms with van der Waals surface area (Å²) in [6.45, 7) is 0.535. The summed E-state index contributed by atoms with van der Waals surface area (Å²) in [4.78, 5) is 0. The molecule has 29 heavy (non-hydrogen) atoms. The molecule has 142 valence electrons. The highest BCUT2D eigenvalue weighted by Crippen LogP contribution is 2.36. The smallest absolute Gasteiger partial charge is 0.0473 e. The maximum absolute atomic E-state index is 6.71. The Labute approximate surface area is 172 Å². The Balaban J connectivity index is 1.86. The van der Waals surface area contributed by atoms with Crippen LogP contribution in [0.1, 0.15) is 22.3 Å². The Kier molecular flexibility index (Phi) is 5.55. The van der Waals surface area contributed by atoms with Gasteiger partial charge in [-0.1, -0.05) is 103 Å². The summed E-state index contributed by atoms with van der Waals surface area (Å²) in [5, 5.41) is 0. The van der Waals surface area contributed by atoms with Crippen LogP contribution in [0.5, 0.6) is 0 Å². The van der Waals surface area contributed by atoms with Gasteiger partial charge in [-0.3, -0.25) is 0 Å². The Morgan fingerprint density at radius 1 is 0.690 bits per heavy atom. The molecule has 0 bridgehead atoms. The van der Waals surface area contributed by atoms with Crippen LogP contribution < -0.4 is 11.5 Å². The van der Waals surface area contributed by atoms with Crippen LogP contribution in [0.4, 0.5) is 5.69 Å². The molecule has 0 amide bonds. The van der Waals surface area contributed by atoms with Crippen LogP contribution in [0.15, 0.2) is 103 Å². The number of rotatable bonds is 5. The van der Waals surface area contributed by atoms with Gasteiger partial charge in [0.15, 0.2) is 0 Å². The lowest BCUT2D eigenvalue weighted by atomic mass is 9.91. The summed E-state index contributed by atoms with van der Waals surface area (Å²) in [5.74, 6) is 0. The highest BCUT2D eigenvalue weighted by Gasteiger charge is 2.13. The lowest BCUT2D eigenvalue weighted by Gasteiger charge is -2.15. The summed E-state index contributed by atoms with van der Waals surface area (Å²) in [6.07, 6.45) is 2.20. The molecule has 0 unspecified atom stereocenters. The van der Waals surface area contributed by atoms with Gasteiger partial charge in [-0.25, -0.2) is 0 Å². The summed E-state index contributed by atoms with van der Waals surface area (Å²) >= 11 is 0. The van der Waals surface area contributed by atoms with Crippen LogP contribution in [0.2, 0.25) is 0 Å². The van der Waals surface area contributed by atoms with Gasteiger partial charge in [0.25, 0.3) is 0 Å². The molecule has 0 aliphatic rings. The van der Waals surface area contributed by atoms with Crippen molar-refractivity contribution in [2.24, 2.45) is 5.73 Å². The largest absolute Gasteiger partial charge is 0.398 e. The number of hydrogen-bond acceptors (Lipinski definition) is 2. The van der Waals surface area contributed by atoms with Crippen molar-refractivity contribution in [3.63, 3.8) is 0 Å². The molecule has 0 aromatic heterocycles. The fraction of sp³-hybridized carbons (Fsp3) is 0.0370. The summed E-state index contributed by atoms with van der Waals surface area (Å²) in [6, 6.07) is 35.2. The van der Waals surface area contributed by atoms with Crippen molar-refractivity contribution in [1.29, 1.82) is 0 Å². The van der Waals surface area contributed by atoms with E-state index in [1.165, 1.54) is 0 Å². The average Bonchev–Trinajstić information content (AvgIpc) is 2.79. The standard InChI is InChI=1S/C27H24N2/c28-19-21-14-16-23(17-15-21)24-12-7-13-25(27(24)29)26(22-10-5-2-6-11-22)18-20-8-3-1-4-9-20/h1-18H,19,28-29H2. The fourth-order valence-electron chi connectivity index (χ4n) is 3.52. The van der Waals surface area contributed by atoms with Crippen LogP contribution in [-0.4, -0.2) is 0 Å². The van der Waals surface area contributed by atoms with Crippen molar-refractivity contribution in [1.82, 2.24) is 0 Å². The average molecular weight is 377 g/mol. The molecule has 0 heterocycles. The molecule has 0 saturated carbocycles. The zero-order chi connectivity index (χ0) is 20.1. The van der Waals surface area contributed by atoms with Crippen LogP contribution in [0.3, 0.4) is 0 Å². The molecule has 0 fully saturated rings. The third-order valence-electron chi connectivity index (χ3n) is 5.09. The monoisotopic (exact) mass is 376 g/mol. The number of nitrogen functional groups attached to an aromatic ring is 1. The van der Waals surface area contributed by atoms with E-state index in [9.17, 15) is 0 Å². The van der Waals surface area contributed by atoms with E-state index >= 15 is 0 Å². The Hall–Kier alpha value is -3.62. The van der Waals surface area contributed by atoms with E-state index in [1.807, 2.05) is 24.3 Å². The predicted molar refractivity (Wildman–Crippen MR) is 124 cm³/mol. The molecule has 4 rings (SSSR count). The van der Waals surface area contributed by atoms with E-state index in [4.69, 9.17) is 11.5 Å². The minimum absolute atomic E-state index is 0.535. The van der Waals surface area contributed by atoms with Crippen LogP contribution in [-0.2, 0) is 6.54 Å². The molecule has 0 saturated heterocycles. The number of nitrogens with two attached hydrogens (primary N) is 2. The minimum atomic E-state index is 0.535. The lowest BCUT2D eigenvalue weighted by molar-refractivity contribution is 1.07. The summed E-state index contributed by atoms with van der Waals surface area (Å²) < 4.78 is 0. The lowest BCUT2D eigenvalue weighted by Crippen LogP contribution is -1.99. The molecule has 0 aliphatic heterocycles. The normalized spacial score (nSPS) is 11.4. The summed E-state index contributed by atoms with van der Waals surface area (Å²) in [7, 11) is 0. The van der Waals surface area contributed by atoms with Crippen molar-refractivity contribution in [2.75, 3.05) is 5.73 Å². The predicted octanol–water partition coefficient (Wildman–Crippen LogP) is 5.98. The van der Waals surface area contributed by atoms with Crippen molar-refractivity contribution in [2.45, 2.75) is 6.54 Å². The van der Waals surface area contributed by atoms with Crippen molar-refractivity contribution in [3.8, 4) is 11.1 Å². The third kappa shape index (κ3) is 4.13. The number of hydrogen-bond donors (Lipinski definition) is 2. The molecule has 0 spiro atoms. The first-order valence-electron chi connectivity index (χ1n) is 9.76. The second-order valence-electron chi connectivity index (χ2n) is 7.00. The van der Waals surface area contributed by atoms with Crippen LogP contribution >= 0.6 is 0 Å². The van der Waals surface area contributed by atoms with Gasteiger partial charge < -0.3 is 11.5 Å². The van der Waals surface area contributed by atoms with Gasteiger partial charge in [0.2, 0.25) is 0 Å². The Bertz CT molecular complexity index is 1110. The van der Waals surface area contributed by atoms with Crippen molar-refractivity contribution >= 4 is 17.3 Å². The summed E-state index contributed by atoms with van der Waals surface area (Å²) in [5.41, 5.74) is 20.9. The first-order valence-corrected chi connectivity index (χ1v) is 9.76. The molecule has 2 nitrogen and oxygen atoms in total. The second-order valence-corrected chi connectivity index (χ2v) is 7.00. The first-order chi connectivity index (χ1) is 14.3. The SMILES string of the molecule is NCc1ccc(-c2cccc(C(=Cc3ccccc3)c3ccccc3)c2N)cc1. The molecule has 0 aliphatic carbocycles. The zero-order valence-electron chi connectivity index (χ0n) is 16.3. The highest BCUT2D eigenvalue weighted by molar-refractivity contribution is 5.98. The molecule has 4 N–H and O–H groups in total. The van der Waals surface area contributed by atoms with E-state index in [2.05, 4.69) is 84.9 Å². The minimum Gasteiger partial charge on any atom is -0.398 e. The molecular formula is C27H24N2. The molecule has 4 aromatic rings. The zero-order valence-corrected chi connectivity index (χ0v) is 16.3. The van der Waals surface area contributed by atoms with Crippen LogP contribution in [0, 0.1) is 0 Å². The quantitative estimate of drug-likeness (QED) is 0.332. The fourth-order valence-corrected chi connectivity index (χ4v) is 3.52. The number of anilines is 1. The van der Waals surface area contributed by atoms with Gasteiger partial charge in [-0.05, 0) is 33.9 Å². The van der Waals surface area contributed by atoms with Gasteiger partial charge in [0.1, 0.15) is 0 Å². The van der Waals surface area contributed by atoms with Gasteiger partial charge in [-0.15, -0.1) is 0 Å². The van der Waals surface area contributed by atoms with E-state index < -0.39 is 0 Å². The number of para-hydroxylation sites is 1. The molecular weight excluding hydrogens is 352 g/mol. The topological polar surface area (TPSA) is 52.0 Å². The van der Waals surface area contributed by atoms with E-state index in [0.29, 0.717) is 6.54 Å². The van der Waals surface area contributed by atoms with E-state index in [1.54, 1.807) is 0 Å². The van der Waals surface area contributed by atoms with Crippen LogP contribution in [0.25, 0.3) is 22.8 Å². The first kappa shape index (κ1) is 18.7. The van der Waals surface area contributed by atoms with E-state index in [0.717, 1.165) is 44.6 Å². The van der Waals surface area contributed by atoms with Gasteiger partial charge >= 0.3 is 0 Å². The maximum atomic E-state index is 6.71. The molecule has 4 aromatic carbocycles. The van der Waals surface area contributed by atoms with E-state index in [-0.39, 0.29) is 0 Å². The Morgan fingerprint density at radius 2 is 1.34 bits per heavy atom. The molecule has 0 radical (unpaired) electrons. The maximum Gasteiger partial charge on any atom is 0.0473 e. The van der Waals surface area contributed by atoms with Gasteiger partial charge in [-0.2, -0.15) is 0 Å². The van der Waals surface area contributed by atoms with Crippen molar-refractivity contribution < 1.29 is 0 Å². The van der Waals surface area contributed by atoms with Gasteiger partial charge in [0.05, 0.1) is 0 Å².